The second kappa shape index (κ2) is 16.9. The summed E-state index contributed by atoms with van der Waals surface area (Å²) in [6.07, 6.45) is 13.4. The van der Waals surface area contributed by atoms with Crippen LogP contribution in [0.25, 0.3) is 0 Å². The van der Waals surface area contributed by atoms with E-state index in [2.05, 4.69) is 6.92 Å². The molecule has 1 rings (SSSR count). The highest BCUT2D eigenvalue weighted by molar-refractivity contribution is 6.75. The smallest absolute Gasteiger partial charge is 0.494 e. The summed E-state index contributed by atoms with van der Waals surface area (Å²) in [6, 6.07) is 8.07. The van der Waals surface area contributed by atoms with Gasteiger partial charge in [-0.1, -0.05) is 76.8 Å². The van der Waals surface area contributed by atoms with Gasteiger partial charge in [0.2, 0.25) is 0 Å². The third-order valence-electron chi connectivity index (χ3n) is 4.98. The van der Waals surface area contributed by atoms with Gasteiger partial charge in [0.1, 0.15) is 5.75 Å². The van der Waals surface area contributed by atoms with Gasteiger partial charge in [0.25, 0.3) is 0 Å². The van der Waals surface area contributed by atoms with Gasteiger partial charge in [0, 0.05) is 25.0 Å². The predicted octanol–water partition coefficient (Wildman–Crippen LogP) is 6.24. The van der Waals surface area contributed by atoms with Gasteiger partial charge in [0.15, 0.2) is 0 Å². The Bertz CT molecular complexity index is 475. The SMILES string of the molecule is CCCCCCCCCCCCOc1ccc([Si](OCC)(OCC)OCC)cc1. The van der Waals surface area contributed by atoms with Crippen LogP contribution in [0.3, 0.4) is 0 Å². The second-order valence-electron chi connectivity index (χ2n) is 7.41. The van der Waals surface area contributed by atoms with Gasteiger partial charge in [-0.15, -0.1) is 0 Å². The average molecular weight is 425 g/mol. The molecule has 0 heterocycles. The summed E-state index contributed by atoms with van der Waals surface area (Å²) in [5.41, 5.74) is 0. The minimum Gasteiger partial charge on any atom is -0.494 e. The summed E-state index contributed by atoms with van der Waals surface area (Å²) in [6.45, 7) is 10.7. The lowest BCUT2D eigenvalue weighted by atomic mass is 10.1. The van der Waals surface area contributed by atoms with Crippen LogP contribution in [0.4, 0.5) is 0 Å². The molecule has 29 heavy (non-hydrogen) atoms. The van der Waals surface area contributed by atoms with Crippen LogP contribution in [0, 0.1) is 0 Å². The lowest BCUT2D eigenvalue weighted by molar-refractivity contribution is 0.0859. The first kappa shape index (κ1) is 26.2. The molecular weight excluding hydrogens is 380 g/mol. The van der Waals surface area contributed by atoms with E-state index in [9.17, 15) is 0 Å². The molecule has 0 N–H and O–H groups in total. The standard InChI is InChI=1S/C24H44O4Si/c1-5-9-10-11-12-13-14-15-16-17-22-25-23-18-20-24(21-19-23)29(26-6-2,27-7-3)28-8-4/h18-21H,5-17,22H2,1-4H3. The predicted molar refractivity (Wildman–Crippen MR) is 124 cm³/mol. The molecule has 0 atom stereocenters. The van der Waals surface area contributed by atoms with Crippen molar-refractivity contribution in [1.29, 1.82) is 0 Å². The van der Waals surface area contributed by atoms with E-state index in [1.165, 1.54) is 57.8 Å². The Labute approximate surface area is 180 Å². The van der Waals surface area contributed by atoms with Gasteiger partial charge in [-0.3, -0.25) is 0 Å². The van der Waals surface area contributed by atoms with Crippen molar-refractivity contribution in [3.8, 4) is 5.75 Å². The van der Waals surface area contributed by atoms with Crippen LogP contribution in [-0.4, -0.2) is 35.2 Å². The maximum absolute atomic E-state index is 5.96. The van der Waals surface area contributed by atoms with Crippen molar-refractivity contribution in [2.75, 3.05) is 26.4 Å². The highest BCUT2D eigenvalue weighted by Gasteiger charge is 2.43. The second-order valence-corrected chi connectivity index (χ2v) is 9.97. The molecule has 0 aromatic heterocycles. The molecule has 0 spiro atoms. The molecule has 0 radical (unpaired) electrons. The maximum atomic E-state index is 5.96. The largest absolute Gasteiger partial charge is 0.537 e. The monoisotopic (exact) mass is 424 g/mol. The quantitative estimate of drug-likeness (QED) is 0.194. The van der Waals surface area contributed by atoms with Crippen LogP contribution in [0.1, 0.15) is 91.9 Å². The fraction of sp³-hybridized carbons (Fsp3) is 0.750. The fourth-order valence-electron chi connectivity index (χ4n) is 3.48. The van der Waals surface area contributed by atoms with E-state index in [0.29, 0.717) is 19.8 Å². The van der Waals surface area contributed by atoms with E-state index in [1.54, 1.807) is 0 Å². The van der Waals surface area contributed by atoms with Crippen LogP contribution >= 0.6 is 0 Å². The molecule has 0 amide bonds. The molecule has 0 fully saturated rings. The van der Waals surface area contributed by atoms with Gasteiger partial charge in [-0.05, 0) is 39.3 Å². The molecular formula is C24H44O4Si. The number of benzene rings is 1. The van der Waals surface area contributed by atoms with Crippen molar-refractivity contribution in [2.45, 2.75) is 91.9 Å². The molecule has 5 heteroatoms. The first-order valence-electron chi connectivity index (χ1n) is 11.9. The summed E-state index contributed by atoms with van der Waals surface area (Å²) in [5.74, 6) is 0.900. The third kappa shape index (κ3) is 10.6. The van der Waals surface area contributed by atoms with Gasteiger partial charge in [-0.2, -0.15) is 0 Å². The molecule has 0 bridgehead atoms. The van der Waals surface area contributed by atoms with Crippen molar-refractivity contribution in [3.63, 3.8) is 0 Å². The summed E-state index contributed by atoms with van der Waals surface area (Å²) in [5, 5.41) is 0.995. The highest BCUT2D eigenvalue weighted by Crippen LogP contribution is 2.16. The normalized spacial score (nSPS) is 11.7. The molecule has 1 aromatic carbocycles. The number of rotatable bonds is 19. The van der Waals surface area contributed by atoms with Crippen molar-refractivity contribution in [2.24, 2.45) is 0 Å². The Balaban J connectivity index is 2.30. The van der Waals surface area contributed by atoms with Gasteiger partial charge >= 0.3 is 8.80 Å². The molecule has 168 valence electrons. The Morgan fingerprint density at radius 1 is 0.586 bits per heavy atom. The first-order valence-corrected chi connectivity index (χ1v) is 13.6. The molecule has 0 saturated heterocycles. The molecule has 0 aliphatic carbocycles. The van der Waals surface area contributed by atoms with Gasteiger partial charge in [0.05, 0.1) is 6.61 Å². The Morgan fingerprint density at radius 2 is 1.03 bits per heavy atom. The maximum Gasteiger partial charge on any atom is 0.537 e. The Morgan fingerprint density at radius 3 is 1.48 bits per heavy atom. The Kier molecular flexibility index (Phi) is 15.2. The Hall–Kier alpha value is -0.883. The van der Waals surface area contributed by atoms with Crippen molar-refractivity contribution < 1.29 is 18.0 Å². The van der Waals surface area contributed by atoms with Crippen LogP contribution in [0.15, 0.2) is 24.3 Å². The van der Waals surface area contributed by atoms with Crippen LogP contribution in [0.5, 0.6) is 5.75 Å². The molecule has 0 aliphatic heterocycles. The van der Waals surface area contributed by atoms with E-state index in [0.717, 1.165) is 24.0 Å². The van der Waals surface area contributed by atoms with E-state index in [1.807, 2.05) is 45.0 Å². The molecule has 0 unspecified atom stereocenters. The van der Waals surface area contributed by atoms with Crippen molar-refractivity contribution in [1.82, 2.24) is 0 Å². The lowest BCUT2D eigenvalue weighted by Gasteiger charge is -2.28. The molecule has 0 aliphatic rings. The lowest BCUT2D eigenvalue weighted by Crippen LogP contribution is -2.56. The minimum atomic E-state index is -2.82. The zero-order valence-electron chi connectivity index (χ0n) is 19.3. The van der Waals surface area contributed by atoms with Gasteiger partial charge in [-0.25, -0.2) is 0 Å². The summed E-state index contributed by atoms with van der Waals surface area (Å²) in [4.78, 5) is 0. The van der Waals surface area contributed by atoms with Crippen LogP contribution in [-0.2, 0) is 13.3 Å². The molecule has 4 nitrogen and oxygen atoms in total. The molecule has 1 aromatic rings. The van der Waals surface area contributed by atoms with Gasteiger partial charge < -0.3 is 18.0 Å². The first-order chi connectivity index (χ1) is 14.2. The van der Waals surface area contributed by atoms with E-state index in [-0.39, 0.29) is 0 Å². The summed E-state index contributed by atoms with van der Waals surface area (Å²) >= 11 is 0. The third-order valence-corrected chi connectivity index (χ3v) is 8.02. The number of hydrogen-bond acceptors (Lipinski definition) is 4. The average Bonchev–Trinajstić information content (AvgIpc) is 2.73. The molecule has 0 saturated carbocycles. The van der Waals surface area contributed by atoms with E-state index >= 15 is 0 Å². The van der Waals surface area contributed by atoms with Crippen LogP contribution in [0.2, 0.25) is 0 Å². The fourth-order valence-corrected chi connectivity index (χ4v) is 5.94. The summed E-state index contributed by atoms with van der Waals surface area (Å²) in [7, 11) is -2.82. The number of hydrogen-bond donors (Lipinski definition) is 0. The minimum absolute atomic E-state index is 0.573. The van der Waals surface area contributed by atoms with Crippen molar-refractivity contribution in [3.05, 3.63) is 24.3 Å². The van der Waals surface area contributed by atoms with E-state index < -0.39 is 8.80 Å². The number of ether oxygens (including phenoxy) is 1. The number of unbranched alkanes of at least 4 members (excludes halogenated alkanes) is 9. The van der Waals surface area contributed by atoms with Crippen LogP contribution < -0.4 is 9.92 Å². The van der Waals surface area contributed by atoms with E-state index in [4.69, 9.17) is 18.0 Å². The zero-order chi connectivity index (χ0) is 21.2. The van der Waals surface area contributed by atoms with Crippen molar-refractivity contribution >= 4 is 14.0 Å². The summed E-state index contributed by atoms with van der Waals surface area (Å²) < 4.78 is 23.8. The highest BCUT2D eigenvalue weighted by atomic mass is 28.4. The zero-order valence-corrected chi connectivity index (χ0v) is 20.3. The topological polar surface area (TPSA) is 36.9 Å².